The number of hydrogen-bond acceptors (Lipinski definition) is 3. The van der Waals surface area contributed by atoms with Gasteiger partial charge in [0.2, 0.25) is 16.6 Å². The van der Waals surface area contributed by atoms with Crippen LogP contribution < -0.4 is 10.4 Å². The number of rotatable bonds is 1. The van der Waals surface area contributed by atoms with Crippen LogP contribution in [0.3, 0.4) is 0 Å². The van der Waals surface area contributed by atoms with E-state index in [9.17, 15) is 0 Å². The predicted octanol–water partition coefficient (Wildman–Crippen LogP) is 5.94. The van der Waals surface area contributed by atoms with Crippen molar-refractivity contribution in [3.05, 3.63) is 66.2 Å². The lowest BCUT2D eigenvalue weighted by atomic mass is 9.95. The first-order valence-corrected chi connectivity index (χ1v) is 20.0. The molecule has 0 atom stereocenters. The third-order valence-corrected chi connectivity index (χ3v) is 18.1. The maximum atomic E-state index is 6.82. The van der Waals surface area contributed by atoms with E-state index in [1.807, 2.05) is 0 Å². The van der Waals surface area contributed by atoms with Gasteiger partial charge in [0.25, 0.3) is 0 Å². The van der Waals surface area contributed by atoms with E-state index in [4.69, 9.17) is 13.2 Å². The minimum Gasteiger partial charge on any atom is -0.433 e. The van der Waals surface area contributed by atoms with Crippen LogP contribution in [-0.2, 0) is 8.23 Å². The molecule has 4 aromatic rings. The van der Waals surface area contributed by atoms with Gasteiger partial charge in [-0.15, -0.1) is 0 Å². The quantitative estimate of drug-likeness (QED) is 0.253. The Morgan fingerprint density at radius 3 is 1.91 bits per heavy atom. The summed E-state index contributed by atoms with van der Waals surface area (Å²) in [5, 5.41) is 5.16. The van der Waals surface area contributed by atoms with E-state index in [-0.39, 0.29) is 0 Å². The van der Waals surface area contributed by atoms with Crippen molar-refractivity contribution in [2.45, 2.75) is 46.2 Å². The van der Waals surface area contributed by atoms with Crippen molar-refractivity contribution < 1.29 is 8.23 Å². The van der Waals surface area contributed by atoms with Gasteiger partial charge in [-0.3, -0.25) is 0 Å². The Morgan fingerprint density at radius 2 is 1.25 bits per heavy atom. The number of hydrogen-bond donors (Lipinski definition) is 0. The fourth-order valence-electron chi connectivity index (χ4n) is 5.38. The standard InChI is InChI=1S/C26H31NO2Si3/c1-18-13-14-22-20(15-18)26(19-11-9-8-10-12-19)21-16-24-25(17-23(21)27-22)31(4,5)29-32(6,7)28-30(24,2)3/h8-17H,1-7H3. The van der Waals surface area contributed by atoms with Crippen LogP contribution in [0.25, 0.3) is 32.9 Å². The smallest absolute Gasteiger partial charge is 0.311 e. The lowest BCUT2D eigenvalue weighted by Gasteiger charge is -2.33. The molecule has 1 aliphatic heterocycles. The largest absolute Gasteiger partial charge is 0.433 e. The van der Waals surface area contributed by atoms with Gasteiger partial charge in [0.05, 0.1) is 11.0 Å². The molecule has 3 nitrogen and oxygen atoms in total. The summed E-state index contributed by atoms with van der Waals surface area (Å²) in [4.78, 5) is 5.15. The second kappa shape index (κ2) is 7.20. The van der Waals surface area contributed by atoms with Crippen molar-refractivity contribution in [1.82, 2.24) is 4.98 Å². The van der Waals surface area contributed by atoms with Gasteiger partial charge in [-0.1, -0.05) is 48.0 Å². The molecule has 0 radical (unpaired) electrons. The fraction of sp³-hybridized carbons (Fsp3) is 0.269. The fourth-order valence-corrected chi connectivity index (χ4v) is 20.9. The van der Waals surface area contributed by atoms with Crippen molar-refractivity contribution in [2.24, 2.45) is 0 Å². The molecule has 3 aromatic carbocycles. The van der Waals surface area contributed by atoms with Gasteiger partial charge >= 0.3 is 8.56 Å². The van der Waals surface area contributed by atoms with E-state index in [1.54, 1.807) is 0 Å². The van der Waals surface area contributed by atoms with Gasteiger partial charge in [0.15, 0.2) is 0 Å². The minimum atomic E-state index is -2.21. The minimum absolute atomic E-state index is 1.04. The number of aromatic nitrogens is 1. The average Bonchev–Trinajstić information content (AvgIpc) is 2.75. The molecule has 0 aliphatic carbocycles. The topological polar surface area (TPSA) is 31.4 Å². The zero-order valence-electron chi connectivity index (χ0n) is 20.0. The second-order valence-electron chi connectivity index (χ2n) is 10.4. The first kappa shape index (κ1) is 21.7. The van der Waals surface area contributed by atoms with E-state index < -0.39 is 25.2 Å². The van der Waals surface area contributed by atoms with Crippen LogP contribution in [-0.4, -0.2) is 30.2 Å². The molecule has 0 spiro atoms. The van der Waals surface area contributed by atoms with E-state index >= 15 is 0 Å². The lowest BCUT2D eigenvalue weighted by Crippen LogP contribution is -2.57. The Bertz CT molecular complexity index is 1360. The highest BCUT2D eigenvalue weighted by atomic mass is 28.5. The summed E-state index contributed by atoms with van der Waals surface area (Å²) in [6.45, 7) is 15.8. The van der Waals surface area contributed by atoms with Crippen molar-refractivity contribution in [2.75, 3.05) is 0 Å². The van der Waals surface area contributed by atoms with Gasteiger partial charge in [0, 0.05) is 16.3 Å². The van der Waals surface area contributed by atoms with Crippen molar-refractivity contribution >= 4 is 57.4 Å². The SMILES string of the molecule is Cc1ccc2nc3cc4c(cc3c(-c3ccccc3)c2c1)[Si](C)(C)O[Si](C)(C)O[Si]4(C)C. The lowest BCUT2D eigenvalue weighted by molar-refractivity contribution is 0.405. The van der Waals surface area contributed by atoms with Crippen LogP contribution in [0.5, 0.6) is 0 Å². The van der Waals surface area contributed by atoms with Crippen LogP contribution >= 0.6 is 0 Å². The number of pyridine rings is 1. The molecule has 0 saturated heterocycles. The van der Waals surface area contributed by atoms with E-state index in [2.05, 4.69) is 107 Å². The summed E-state index contributed by atoms with van der Waals surface area (Å²) < 4.78 is 13.6. The van der Waals surface area contributed by atoms with Gasteiger partial charge in [-0.2, -0.15) is 0 Å². The second-order valence-corrected chi connectivity index (χ2v) is 22.0. The predicted molar refractivity (Wildman–Crippen MR) is 143 cm³/mol. The highest BCUT2D eigenvalue weighted by molar-refractivity contribution is 7.03. The summed E-state index contributed by atoms with van der Waals surface area (Å²) in [6.07, 6.45) is 0. The summed E-state index contributed by atoms with van der Waals surface area (Å²) in [6, 6.07) is 22.0. The molecule has 164 valence electrons. The van der Waals surface area contributed by atoms with Crippen LogP contribution in [0.2, 0.25) is 39.3 Å². The molecule has 32 heavy (non-hydrogen) atoms. The monoisotopic (exact) mass is 473 g/mol. The molecule has 0 fully saturated rings. The third kappa shape index (κ3) is 3.60. The number of benzene rings is 3. The van der Waals surface area contributed by atoms with Gasteiger partial charge in [0.1, 0.15) is 0 Å². The molecule has 6 heteroatoms. The molecule has 0 saturated carbocycles. The Hall–Kier alpha value is -2.10. The first-order valence-electron chi connectivity index (χ1n) is 11.3. The Kier molecular flexibility index (Phi) is 4.89. The highest BCUT2D eigenvalue weighted by Crippen LogP contribution is 2.36. The van der Waals surface area contributed by atoms with Crippen LogP contribution in [0.4, 0.5) is 0 Å². The number of nitrogens with zero attached hydrogens (tertiary/aromatic N) is 1. The molecular weight excluding hydrogens is 443 g/mol. The Morgan fingerprint density at radius 1 is 0.656 bits per heavy atom. The molecule has 0 bridgehead atoms. The zero-order valence-corrected chi connectivity index (χ0v) is 23.0. The average molecular weight is 474 g/mol. The molecule has 5 rings (SSSR count). The van der Waals surface area contributed by atoms with Crippen LogP contribution in [0.1, 0.15) is 5.56 Å². The van der Waals surface area contributed by atoms with E-state index in [1.165, 1.54) is 37.8 Å². The van der Waals surface area contributed by atoms with Crippen molar-refractivity contribution in [3.8, 4) is 11.1 Å². The maximum Gasteiger partial charge on any atom is 0.311 e. The summed E-state index contributed by atoms with van der Waals surface area (Å²) in [5.41, 5.74) is 5.83. The van der Waals surface area contributed by atoms with Gasteiger partial charge < -0.3 is 8.23 Å². The van der Waals surface area contributed by atoms with Crippen molar-refractivity contribution in [3.63, 3.8) is 0 Å². The number of aryl methyl sites for hydroxylation is 1. The van der Waals surface area contributed by atoms with Crippen LogP contribution in [0, 0.1) is 6.92 Å². The van der Waals surface area contributed by atoms with E-state index in [0.29, 0.717) is 0 Å². The molecule has 0 unspecified atom stereocenters. The number of fused-ring (bicyclic) bond motifs is 3. The first-order chi connectivity index (χ1) is 15.0. The van der Waals surface area contributed by atoms with Crippen molar-refractivity contribution in [1.29, 1.82) is 0 Å². The normalized spacial score (nSPS) is 19.0. The molecule has 2 heterocycles. The van der Waals surface area contributed by atoms with Gasteiger partial charge in [-0.05, 0) is 80.3 Å². The van der Waals surface area contributed by atoms with Crippen LogP contribution in [0.15, 0.2) is 60.7 Å². The summed E-state index contributed by atoms with van der Waals surface area (Å²) in [5.74, 6) is 0. The summed E-state index contributed by atoms with van der Waals surface area (Å²) in [7, 11) is -6.52. The molecule has 1 aromatic heterocycles. The molecule has 1 aliphatic rings. The third-order valence-electron chi connectivity index (χ3n) is 6.43. The maximum absolute atomic E-state index is 6.82. The molecule has 0 N–H and O–H groups in total. The van der Waals surface area contributed by atoms with Gasteiger partial charge in [-0.25, -0.2) is 4.98 Å². The molecule has 0 amide bonds. The van der Waals surface area contributed by atoms with E-state index in [0.717, 1.165) is 11.0 Å². The highest BCUT2D eigenvalue weighted by Gasteiger charge is 2.48. The Labute approximate surface area is 193 Å². The summed E-state index contributed by atoms with van der Waals surface area (Å²) >= 11 is 0. The zero-order chi connectivity index (χ0) is 22.9. The Balaban J connectivity index is 1.94. The molecular formula is C26H31NO2Si3.